The van der Waals surface area contributed by atoms with E-state index in [1.165, 1.54) is 25.0 Å². The monoisotopic (exact) mass is 500 g/mol. The molecule has 2 aromatic carbocycles. The molecule has 5 nitrogen and oxygen atoms in total. The Morgan fingerprint density at radius 2 is 1.80 bits per heavy atom. The van der Waals surface area contributed by atoms with Crippen LogP contribution in [0.2, 0.25) is 5.02 Å². The SMILES string of the molecule is CN1CCN(CCCN(C(=O)Nc2ccc(F)c(Cl)c2)C2CC[C@]3(C)CC23)CC1.c1ccccc1. The number of benzene rings is 2. The van der Waals surface area contributed by atoms with Crippen LogP contribution in [0.1, 0.15) is 32.6 Å². The summed E-state index contributed by atoms with van der Waals surface area (Å²) in [6.07, 6.45) is 4.48. The molecule has 3 aliphatic rings. The van der Waals surface area contributed by atoms with Gasteiger partial charge >= 0.3 is 6.03 Å². The first-order chi connectivity index (χ1) is 16.9. The van der Waals surface area contributed by atoms with Gasteiger partial charge in [0.05, 0.1) is 5.02 Å². The van der Waals surface area contributed by atoms with Gasteiger partial charge in [-0.2, -0.15) is 0 Å². The number of likely N-dealkylation sites (N-methyl/N-ethyl adjacent to an activating group) is 1. The first-order valence-electron chi connectivity index (χ1n) is 12.8. The van der Waals surface area contributed by atoms with Gasteiger partial charge in [-0.1, -0.05) is 54.9 Å². The van der Waals surface area contributed by atoms with E-state index in [9.17, 15) is 9.18 Å². The maximum absolute atomic E-state index is 13.4. The van der Waals surface area contributed by atoms with Crippen molar-refractivity contribution in [3.05, 3.63) is 65.4 Å². The fraction of sp³-hybridized carbons (Fsp3) is 0.536. The lowest BCUT2D eigenvalue weighted by Crippen LogP contribution is -2.47. The number of hydrogen-bond acceptors (Lipinski definition) is 3. The number of amides is 2. The molecule has 190 valence electrons. The third-order valence-corrected chi connectivity index (χ3v) is 8.15. The van der Waals surface area contributed by atoms with Crippen molar-refractivity contribution in [1.29, 1.82) is 0 Å². The maximum atomic E-state index is 13.4. The van der Waals surface area contributed by atoms with Gasteiger partial charge in [-0.25, -0.2) is 9.18 Å². The molecular weight excluding hydrogens is 463 g/mol. The Labute approximate surface area is 214 Å². The Kier molecular flexibility index (Phi) is 8.68. The predicted molar refractivity (Wildman–Crippen MR) is 141 cm³/mol. The van der Waals surface area contributed by atoms with Crippen molar-refractivity contribution in [3.63, 3.8) is 0 Å². The quantitative estimate of drug-likeness (QED) is 0.542. The molecule has 3 atom stereocenters. The molecule has 0 spiro atoms. The van der Waals surface area contributed by atoms with E-state index in [-0.39, 0.29) is 11.1 Å². The smallest absolute Gasteiger partial charge is 0.321 e. The van der Waals surface area contributed by atoms with Crippen molar-refractivity contribution < 1.29 is 9.18 Å². The third-order valence-electron chi connectivity index (χ3n) is 7.86. The van der Waals surface area contributed by atoms with Crippen molar-refractivity contribution in [1.82, 2.24) is 14.7 Å². The average molecular weight is 501 g/mol. The van der Waals surface area contributed by atoms with Crippen LogP contribution in [0.15, 0.2) is 54.6 Å². The molecule has 1 N–H and O–H groups in total. The van der Waals surface area contributed by atoms with Crippen LogP contribution < -0.4 is 5.32 Å². The molecule has 2 saturated carbocycles. The van der Waals surface area contributed by atoms with E-state index in [2.05, 4.69) is 29.1 Å². The summed E-state index contributed by atoms with van der Waals surface area (Å²) in [6, 6.07) is 16.6. The van der Waals surface area contributed by atoms with Crippen LogP contribution in [-0.4, -0.2) is 73.1 Å². The van der Waals surface area contributed by atoms with Crippen LogP contribution in [0.4, 0.5) is 14.9 Å². The summed E-state index contributed by atoms with van der Waals surface area (Å²) in [4.78, 5) is 20.0. The fourth-order valence-corrected chi connectivity index (χ4v) is 5.67. The van der Waals surface area contributed by atoms with Crippen LogP contribution in [0.3, 0.4) is 0 Å². The lowest BCUT2D eigenvalue weighted by molar-refractivity contribution is 0.140. The highest BCUT2D eigenvalue weighted by Gasteiger charge is 2.60. The summed E-state index contributed by atoms with van der Waals surface area (Å²) in [6.45, 7) is 8.54. The number of hydrogen-bond donors (Lipinski definition) is 1. The molecule has 0 radical (unpaired) electrons. The highest BCUT2D eigenvalue weighted by Crippen LogP contribution is 2.64. The zero-order valence-corrected chi connectivity index (χ0v) is 21.7. The molecule has 0 bridgehead atoms. The van der Waals surface area contributed by atoms with Gasteiger partial charge in [0, 0.05) is 44.5 Å². The van der Waals surface area contributed by atoms with E-state index in [0.29, 0.717) is 23.1 Å². The van der Waals surface area contributed by atoms with Gasteiger partial charge in [0.1, 0.15) is 5.82 Å². The summed E-state index contributed by atoms with van der Waals surface area (Å²) < 4.78 is 13.4. The van der Waals surface area contributed by atoms with Gasteiger partial charge in [-0.15, -0.1) is 0 Å². The standard InChI is InChI=1S/C22H32ClFN4O.C6H6/c1-22-7-6-20(17(22)15-22)28(9-3-8-27-12-10-26(2)11-13-27)21(29)25-16-4-5-19(24)18(23)14-16;1-2-4-6-5-3-1/h4-5,14,17,20H,3,6-13,15H2,1-2H3,(H,25,29);1-6H/t17?,20?,22-;/m1./s1. The molecule has 0 aromatic heterocycles. The fourth-order valence-electron chi connectivity index (χ4n) is 5.49. The summed E-state index contributed by atoms with van der Waals surface area (Å²) in [5.41, 5.74) is 0.974. The number of nitrogens with one attached hydrogen (secondary N) is 1. The zero-order valence-electron chi connectivity index (χ0n) is 20.9. The molecule has 2 amide bonds. The number of urea groups is 1. The molecule has 7 heteroatoms. The Morgan fingerprint density at radius 3 is 2.34 bits per heavy atom. The second kappa shape index (κ2) is 11.7. The number of rotatable bonds is 6. The summed E-state index contributed by atoms with van der Waals surface area (Å²) in [5, 5.41) is 2.98. The normalized spacial score (nSPS) is 25.8. The van der Waals surface area contributed by atoms with E-state index in [1.54, 1.807) is 6.07 Å². The number of carbonyl (C=O) groups is 1. The molecule has 2 aromatic rings. The van der Waals surface area contributed by atoms with E-state index in [1.807, 2.05) is 41.3 Å². The second-order valence-corrected chi connectivity index (χ2v) is 10.9. The number of anilines is 1. The first kappa shape index (κ1) is 25.9. The van der Waals surface area contributed by atoms with Gasteiger partial charge in [-0.3, -0.25) is 0 Å². The Bertz CT molecular complexity index is 942. The molecule has 2 unspecified atom stereocenters. The highest BCUT2D eigenvalue weighted by molar-refractivity contribution is 6.31. The van der Waals surface area contributed by atoms with Crippen LogP contribution in [0.25, 0.3) is 0 Å². The summed E-state index contributed by atoms with van der Waals surface area (Å²) in [5.74, 6) is 0.145. The number of nitrogens with zero attached hydrogens (tertiary/aromatic N) is 3. The van der Waals surface area contributed by atoms with Crippen LogP contribution >= 0.6 is 11.6 Å². The first-order valence-corrected chi connectivity index (χ1v) is 13.2. The van der Waals surface area contributed by atoms with Crippen molar-refractivity contribution in [3.8, 4) is 0 Å². The number of piperazine rings is 1. The lowest BCUT2D eigenvalue weighted by atomic mass is 10.1. The summed E-state index contributed by atoms with van der Waals surface area (Å²) >= 11 is 5.88. The minimum atomic E-state index is -0.474. The van der Waals surface area contributed by atoms with Gasteiger partial charge in [0.15, 0.2) is 0 Å². The van der Waals surface area contributed by atoms with Crippen LogP contribution in [-0.2, 0) is 0 Å². The summed E-state index contributed by atoms with van der Waals surface area (Å²) in [7, 11) is 2.16. The predicted octanol–water partition coefficient (Wildman–Crippen LogP) is 5.83. The van der Waals surface area contributed by atoms with Gasteiger partial charge in [0.25, 0.3) is 0 Å². The molecule has 1 saturated heterocycles. The topological polar surface area (TPSA) is 38.8 Å². The van der Waals surface area contributed by atoms with E-state index < -0.39 is 5.82 Å². The average Bonchev–Trinajstić information content (AvgIpc) is 3.43. The van der Waals surface area contributed by atoms with Gasteiger partial charge in [0.2, 0.25) is 0 Å². The van der Waals surface area contributed by atoms with Crippen molar-refractivity contribution in [2.24, 2.45) is 11.3 Å². The molecular formula is C28H38ClFN4O. The molecule has 35 heavy (non-hydrogen) atoms. The number of carbonyl (C=O) groups excluding carboxylic acids is 1. The van der Waals surface area contributed by atoms with E-state index >= 15 is 0 Å². The zero-order chi connectivity index (χ0) is 24.8. The lowest BCUT2D eigenvalue weighted by Gasteiger charge is -2.34. The van der Waals surface area contributed by atoms with E-state index in [4.69, 9.17) is 11.6 Å². The highest BCUT2D eigenvalue weighted by atomic mass is 35.5. The van der Waals surface area contributed by atoms with Crippen LogP contribution in [0, 0.1) is 17.2 Å². The minimum absolute atomic E-state index is 0.0278. The Hall–Kier alpha value is -2.15. The number of halogens is 2. The van der Waals surface area contributed by atoms with Crippen molar-refractivity contribution >= 4 is 23.3 Å². The van der Waals surface area contributed by atoms with Gasteiger partial charge in [-0.05, 0) is 68.8 Å². The molecule has 5 rings (SSSR count). The maximum Gasteiger partial charge on any atom is 0.322 e. The van der Waals surface area contributed by atoms with Crippen molar-refractivity contribution in [2.75, 3.05) is 51.6 Å². The molecule has 2 aliphatic carbocycles. The molecule has 1 heterocycles. The van der Waals surface area contributed by atoms with Gasteiger partial charge < -0.3 is 20.0 Å². The van der Waals surface area contributed by atoms with Crippen molar-refractivity contribution in [2.45, 2.75) is 38.6 Å². The second-order valence-electron chi connectivity index (χ2n) is 10.5. The third kappa shape index (κ3) is 6.96. The number of fused-ring (bicyclic) bond motifs is 1. The molecule has 3 fully saturated rings. The Balaban J connectivity index is 0.000000421. The van der Waals surface area contributed by atoms with E-state index in [0.717, 1.165) is 52.1 Å². The minimum Gasteiger partial charge on any atom is -0.321 e. The van der Waals surface area contributed by atoms with Crippen LogP contribution in [0.5, 0.6) is 0 Å². The largest absolute Gasteiger partial charge is 0.322 e. The Morgan fingerprint density at radius 1 is 1.14 bits per heavy atom. The molecule has 1 aliphatic heterocycles.